The topological polar surface area (TPSA) is 190 Å². The molecular formula is C61H80N10O5S. The number of aromatic nitrogens is 3. The quantitative estimate of drug-likeness (QED) is 0.0512. The van der Waals surface area contributed by atoms with E-state index in [0.717, 1.165) is 137 Å². The van der Waals surface area contributed by atoms with Gasteiger partial charge in [-0.25, -0.2) is 4.98 Å². The number of amides is 4. The summed E-state index contributed by atoms with van der Waals surface area (Å²) in [7, 11) is 0. The number of fused-ring (bicyclic) bond motifs is 2. The number of carbonyl (C=O) groups excluding carboxylic acids is 4. The Morgan fingerprint density at radius 1 is 0.792 bits per heavy atom. The molecule has 5 aromatic rings. The number of hydrogen-bond acceptors (Lipinski definition) is 12. The maximum absolute atomic E-state index is 14.0. The number of nitrogens with one attached hydrogen (secondary N) is 2. The van der Waals surface area contributed by atoms with Gasteiger partial charge in [0.1, 0.15) is 17.8 Å². The van der Waals surface area contributed by atoms with Crippen LogP contribution in [0.25, 0.3) is 21.7 Å². The van der Waals surface area contributed by atoms with E-state index < -0.39 is 17.5 Å². The van der Waals surface area contributed by atoms with E-state index in [2.05, 4.69) is 64.8 Å². The number of unbranched alkanes of at least 4 members (excludes halogenated alkanes) is 6. The van der Waals surface area contributed by atoms with Gasteiger partial charge >= 0.3 is 0 Å². The molecule has 16 heteroatoms. The maximum Gasteiger partial charge on any atom is 0.246 e. The second kappa shape index (κ2) is 25.3. The van der Waals surface area contributed by atoms with Crippen LogP contribution in [0.15, 0.2) is 84.4 Å². The van der Waals surface area contributed by atoms with E-state index in [-0.39, 0.29) is 29.4 Å². The molecule has 2 aromatic heterocycles. The van der Waals surface area contributed by atoms with Gasteiger partial charge in [0.15, 0.2) is 5.82 Å². The van der Waals surface area contributed by atoms with E-state index >= 15 is 0 Å². The Kier molecular flexibility index (Phi) is 18.1. The van der Waals surface area contributed by atoms with Gasteiger partial charge in [0.2, 0.25) is 23.6 Å². The monoisotopic (exact) mass is 1060 g/mol. The highest BCUT2D eigenvalue weighted by Gasteiger charge is 2.43. The van der Waals surface area contributed by atoms with Gasteiger partial charge in [-0.15, -0.1) is 21.5 Å². The van der Waals surface area contributed by atoms with E-state index in [1.54, 1.807) is 28.4 Å². The van der Waals surface area contributed by atoms with Crippen molar-refractivity contribution in [1.82, 2.24) is 35.6 Å². The molecule has 2 unspecified atom stereocenters. The molecule has 5 N–H and O–H groups in total. The fourth-order valence-corrected chi connectivity index (χ4v) is 13.0. The molecule has 0 radical (unpaired) electrons. The number of piperidine rings is 1. The first kappa shape index (κ1) is 55.2. The summed E-state index contributed by atoms with van der Waals surface area (Å²) in [5, 5.41) is 25.2. The van der Waals surface area contributed by atoms with E-state index in [9.17, 15) is 24.3 Å². The molecule has 4 fully saturated rings. The summed E-state index contributed by atoms with van der Waals surface area (Å²) < 4.78 is 0. The molecule has 4 aliphatic rings. The van der Waals surface area contributed by atoms with Gasteiger partial charge in [0, 0.05) is 75.4 Å². The lowest BCUT2D eigenvalue weighted by Gasteiger charge is -2.43. The van der Waals surface area contributed by atoms with Gasteiger partial charge in [0.25, 0.3) is 0 Å². The highest BCUT2D eigenvalue weighted by Crippen LogP contribution is 2.40. The largest absolute Gasteiger partial charge is 0.507 e. The third-order valence-corrected chi connectivity index (χ3v) is 17.5. The van der Waals surface area contributed by atoms with Crippen molar-refractivity contribution in [2.24, 2.45) is 11.3 Å². The zero-order chi connectivity index (χ0) is 54.1. The molecule has 4 atom stereocenters. The fourth-order valence-electron chi connectivity index (χ4n) is 12.2. The van der Waals surface area contributed by atoms with Crippen LogP contribution in [0.1, 0.15) is 134 Å². The summed E-state index contributed by atoms with van der Waals surface area (Å²) in [4.78, 5) is 68.2. The molecular weight excluding hydrogens is 985 g/mol. The Labute approximate surface area is 459 Å². The Hall–Kier alpha value is -6.55. The predicted molar refractivity (Wildman–Crippen MR) is 306 cm³/mol. The number of carbonyl (C=O) groups is 4. The summed E-state index contributed by atoms with van der Waals surface area (Å²) in [6.07, 6.45) is 14.4. The van der Waals surface area contributed by atoms with Crippen molar-refractivity contribution in [2.45, 2.75) is 161 Å². The average Bonchev–Trinajstić information content (AvgIpc) is 4.18. The molecule has 77 heavy (non-hydrogen) atoms. The van der Waals surface area contributed by atoms with Crippen LogP contribution < -0.4 is 26.2 Å². The van der Waals surface area contributed by atoms with Crippen molar-refractivity contribution in [3.8, 4) is 27.4 Å². The number of aryl methyl sites for hydroxylation is 1. The molecule has 0 aliphatic carbocycles. The predicted octanol–water partition coefficient (Wildman–Crippen LogP) is 9.85. The fraction of sp³-hybridized carbons (Fsp3) is 0.525. The first-order chi connectivity index (χ1) is 37.2. The van der Waals surface area contributed by atoms with Crippen LogP contribution in [-0.2, 0) is 32.1 Å². The lowest BCUT2D eigenvalue weighted by Crippen LogP contribution is -2.57. The summed E-state index contributed by atoms with van der Waals surface area (Å²) in [6.45, 7) is 12.1. The molecule has 4 amide bonds. The Balaban J connectivity index is 0.632. The van der Waals surface area contributed by atoms with Crippen LogP contribution in [0.3, 0.4) is 0 Å². The minimum atomic E-state index is -0.730. The van der Waals surface area contributed by atoms with Gasteiger partial charge < -0.3 is 41.1 Å². The number of phenols is 1. The number of aromatic hydroxyl groups is 1. The number of piperazine rings is 1. The summed E-state index contributed by atoms with van der Waals surface area (Å²) in [6, 6.07) is 25.8. The number of anilines is 3. The number of nitrogen functional groups attached to an aromatic ring is 1. The number of para-hydroxylation sites is 1. The van der Waals surface area contributed by atoms with Crippen molar-refractivity contribution in [3.05, 3.63) is 101 Å². The Morgan fingerprint density at radius 3 is 2.18 bits per heavy atom. The lowest BCUT2D eigenvalue weighted by molar-refractivity contribution is -0.143. The molecule has 4 saturated heterocycles. The van der Waals surface area contributed by atoms with Gasteiger partial charge in [-0.2, -0.15) is 0 Å². The Bertz CT molecular complexity index is 2810. The molecule has 15 nitrogen and oxygen atoms in total. The van der Waals surface area contributed by atoms with E-state index in [4.69, 9.17) is 5.73 Å². The third kappa shape index (κ3) is 13.8. The smallest absolute Gasteiger partial charge is 0.246 e. The number of benzene rings is 3. The van der Waals surface area contributed by atoms with Gasteiger partial charge in [-0.3, -0.25) is 19.2 Å². The van der Waals surface area contributed by atoms with Crippen molar-refractivity contribution < 1.29 is 24.3 Å². The van der Waals surface area contributed by atoms with Crippen LogP contribution >= 0.6 is 11.3 Å². The van der Waals surface area contributed by atoms with E-state index in [1.807, 2.05) is 75.7 Å². The summed E-state index contributed by atoms with van der Waals surface area (Å²) in [5.41, 5.74) is 15.6. The number of nitrogens with zero attached hydrogens (tertiary/aromatic N) is 7. The van der Waals surface area contributed by atoms with Crippen LogP contribution in [0.4, 0.5) is 17.2 Å². The van der Waals surface area contributed by atoms with E-state index in [1.165, 1.54) is 11.3 Å². The van der Waals surface area contributed by atoms with Gasteiger partial charge in [0.05, 0.1) is 27.5 Å². The van der Waals surface area contributed by atoms with Crippen molar-refractivity contribution in [3.63, 3.8) is 0 Å². The number of nitrogens with two attached hydrogens (primary N) is 1. The Morgan fingerprint density at radius 2 is 1.49 bits per heavy atom. The zero-order valence-corrected chi connectivity index (χ0v) is 46.5. The van der Waals surface area contributed by atoms with Crippen LogP contribution in [0.2, 0.25) is 0 Å². The van der Waals surface area contributed by atoms with Crippen LogP contribution in [-0.4, -0.2) is 111 Å². The molecule has 6 heterocycles. The molecule has 2 bridgehead atoms. The third-order valence-electron chi connectivity index (χ3n) is 16.5. The van der Waals surface area contributed by atoms with Crippen LogP contribution in [0.5, 0.6) is 5.75 Å². The van der Waals surface area contributed by atoms with Gasteiger partial charge in [-0.05, 0) is 123 Å². The zero-order valence-electron chi connectivity index (χ0n) is 45.7. The van der Waals surface area contributed by atoms with Crippen molar-refractivity contribution in [1.29, 1.82) is 0 Å². The summed E-state index contributed by atoms with van der Waals surface area (Å²) in [5.74, 6) is 0.920. The molecule has 9 rings (SSSR count). The number of phenolic OH excluding ortho intramolecular Hbond substituents is 1. The molecule has 4 aliphatic heterocycles. The van der Waals surface area contributed by atoms with Gasteiger partial charge in [-0.1, -0.05) is 101 Å². The van der Waals surface area contributed by atoms with Crippen LogP contribution in [0, 0.1) is 18.3 Å². The molecule has 0 spiro atoms. The minimum absolute atomic E-state index is 0.130. The molecule has 410 valence electrons. The second-order valence-corrected chi connectivity index (χ2v) is 24.0. The first-order valence-electron chi connectivity index (χ1n) is 28.4. The normalized spacial score (nSPS) is 19.1. The molecule has 0 saturated carbocycles. The number of thiazole rings is 1. The lowest BCUT2D eigenvalue weighted by atomic mass is 9.85. The summed E-state index contributed by atoms with van der Waals surface area (Å²) >= 11 is 1.61. The number of rotatable bonds is 21. The number of likely N-dealkylation sites (tertiary alicyclic amines) is 2. The highest BCUT2D eigenvalue weighted by molar-refractivity contribution is 7.13. The second-order valence-electron chi connectivity index (χ2n) is 23.1. The van der Waals surface area contributed by atoms with Crippen molar-refractivity contribution in [2.75, 3.05) is 48.3 Å². The standard InChI is InChI=1S/C61H80N10O5S/c1-41-56(77-40-64-41)45-25-23-43(24-26-45)37-63-59(75)51-19-15-31-70(51)60(76)57(61(2,3)4)65-54(73)21-10-8-6-5-7-9-11-22-55(74)68-32-29-42(30-33-68)34-44-16-14-17-46(35-44)71-47-27-28-48(71)39-69(38-47)52-36-50(66-67-58(52)62)49-18-12-13-20-53(49)72/h12-14,16-18,20,23-26,35-36,40,42,47-48,51,57,72H,5-11,15,19,21-22,27-34,37-39H2,1-4H3,(H2,62,67)(H,63,75)(H,65,73)/t47?,48?,51-,57+/m0/s1. The van der Waals surface area contributed by atoms with Crippen molar-refractivity contribution >= 4 is 52.2 Å². The number of hydrogen-bond donors (Lipinski definition) is 4. The SMILES string of the molecule is Cc1ncsc1-c1ccc(CNC(=O)[C@@H]2CCCN2C(=O)[C@@H](NC(=O)CCCCCCCCCC(=O)N2CCC(Cc3cccc(N4C5CCC4CN(c4cc(-c6ccccc6O)nnc4N)C5)c3)CC2)C(C)(C)C)cc1. The average molecular weight is 1070 g/mol. The first-order valence-corrected chi connectivity index (χ1v) is 29.3. The minimum Gasteiger partial charge on any atom is -0.507 e. The maximum atomic E-state index is 14.0. The van der Waals surface area contributed by atoms with E-state index in [0.29, 0.717) is 67.4 Å². The highest BCUT2D eigenvalue weighted by atomic mass is 32.1. The molecule has 3 aromatic carbocycles.